The Labute approximate surface area is 186 Å². The molecule has 0 unspecified atom stereocenters. The van der Waals surface area contributed by atoms with Crippen molar-refractivity contribution < 1.29 is 13.2 Å². The van der Waals surface area contributed by atoms with Gasteiger partial charge in [0.15, 0.2) is 0 Å². The van der Waals surface area contributed by atoms with E-state index in [1.165, 1.54) is 6.92 Å². The molecule has 0 saturated carbocycles. The van der Waals surface area contributed by atoms with Crippen molar-refractivity contribution in [1.82, 2.24) is 4.98 Å². The number of carbonyl (C=O) groups is 1. The molecule has 0 atom stereocenters. The van der Waals surface area contributed by atoms with Crippen LogP contribution in [0, 0.1) is 0 Å². The Balaban J connectivity index is 0.00000272. The smallest absolute Gasteiger partial charge is 0.238 e. The Bertz CT molecular complexity index is 1390. The molecule has 0 bridgehead atoms. The average molecular weight is 457 g/mol. The summed E-state index contributed by atoms with van der Waals surface area (Å²) in [6.45, 7) is 1.22. The van der Waals surface area contributed by atoms with Gasteiger partial charge in [0.1, 0.15) is 0 Å². The third kappa shape index (κ3) is 4.40. The molecule has 0 saturated heterocycles. The number of nitrogens with one attached hydrogen (secondary N) is 1. The standard InChI is InChI=1S/C22H20N4O3S.ClH/c1-14(27)26(30(2,28)29)17-10-8-16(9-11-17)24-22-18-5-3-4-6-20(18)25-21-13-15(23)7-12-19(21)22;/h3-13H,23H2,1-2H3,(H,24,25);1H. The number of amides is 1. The van der Waals surface area contributed by atoms with E-state index in [-0.39, 0.29) is 18.1 Å². The number of fused-ring (bicyclic) bond motifs is 2. The average Bonchev–Trinajstić information content (AvgIpc) is 2.67. The second kappa shape index (κ2) is 8.41. The van der Waals surface area contributed by atoms with Crippen molar-refractivity contribution in [3.63, 3.8) is 0 Å². The number of sulfonamides is 1. The van der Waals surface area contributed by atoms with Crippen LogP contribution in [0.15, 0.2) is 66.7 Å². The zero-order chi connectivity index (χ0) is 21.5. The van der Waals surface area contributed by atoms with Crippen molar-refractivity contribution in [2.45, 2.75) is 6.92 Å². The summed E-state index contributed by atoms with van der Waals surface area (Å²) in [7, 11) is -3.71. The minimum absolute atomic E-state index is 0. The fourth-order valence-electron chi connectivity index (χ4n) is 3.48. The monoisotopic (exact) mass is 456 g/mol. The largest absolute Gasteiger partial charge is 0.399 e. The predicted molar refractivity (Wildman–Crippen MR) is 129 cm³/mol. The zero-order valence-electron chi connectivity index (χ0n) is 16.9. The number of nitrogens with two attached hydrogens (primary N) is 1. The number of pyridine rings is 1. The Hall–Kier alpha value is -3.36. The number of nitrogens with zero attached hydrogens (tertiary/aromatic N) is 2. The second-order valence-corrected chi connectivity index (χ2v) is 8.83. The molecular weight excluding hydrogens is 436 g/mol. The lowest BCUT2D eigenvalue weighted by Crippen LogP contribution is -2.34. The molecule has 0 fully saturated rings. The van der Waals surface area contributed by atoms with Crippen LogP contribution in [0.25, 0.3) is 21.8 Å². The molecule has 1 amide bonds. The number of anilines is 4. The summed E-state index contributed by atoms with van der Waals surface area (Å²) >= 11 is 0. The molecule has 4 rings (SSSR count). The number of hydrogen-bond acceptors (Lipinski definition) is 6. The zero-order valence-corrected chi connectivity index (χ0v) is 18.5. The molecule has 3 N–H and O–H groups in total. The SMILES string of the molecule is CC(=O)N(c1ccc(Nc2c3ccccc3nc3cc(N)ccc23)cc1)S(C)(=O)=O.Cl. The quantitative estimate of drug-likeness (QED) is 0.347. The first-order valence-electron chi connectivity index (χ1n) is 9.20. The molecule has 7 nitrogen and oxygen atoms in total. The van der Waals surface area contributed by atoms with Gasteiger partial charge in [-0.05, 0) is 48.5 Å². The number of aromatic nitrogens is 1. The third-order valence-corrected chi connectivity index (χ3v) is 5.83. The van der Waals surface area contributed by atoms with Crippen molar-refractivity contribution in [3.05, 3.63) is 66.7 Å². The maximum Gasteiger partial charge on any atom is 0.238 e. The fourth-order valence-corrected chi connectivity index (χ4v) is 4.45. The summed E-state index contributed by atoms with van der Waals surface area (Å²) in [4.78, 5) is 16.5. The van der Waals surface area contributed by atoms with E-state index in [4.69, 9.17) is 10.7 Å². The number of halogens is 1. The van der Waals surface area contributed by atoms with Gasteiger partial charge in [-0.1, -0.05) is 18.2 Å². The molecule has 0 radical (unpaired) electrons. The number of rotatable bonds is 4. The molecular formula is C22H21ClN4O3S. The van der Waals surface area contributed by atoms with E-state index >= 15 is 0 Å². The van der Waals surface area contributed by atoms with E-state index in [0.29, 0.717) is 5.69 Å². The van der Waals surface area contributed by atoms with Gasteiger partial charge in [-0.3, -0.25) is 4.79 Å². The highest BCUT2D eigenvalue weighted by Crippen LogP contribution is 2.34. The Kier molecular flexibility index (Phi) is 6.06. The summed E-state index contributed by atoms with van der Waals surface area (Å²) in [5.41, 5.74) is 10.1. The van der Waals surface area contributed by atoms with Crippen molar-refractivity contribution >= 4 is 72.9 Å². The molecule has 0 aliphatic heterocycles. The van der Waals surface area contributed by atoms with E-state index in [9.17, 15) is 13.2 Å². The molecule has 160 valence electrons. The number of para-hydroxylation sites is 1. The Morgan fingerprint density at radius 2 is 1.61 bits per heavy atom. The lowest BCUT2D eigenvalue weighted by molar-refractivity contribution is -0.115. The van der Waals surface area contributed by atoms with E-state index in [1.807, 2.05) is 42.5 Å². The molecule has 0 aliphatic carbocycles. The van der Waals surface area contributed by atoms with Gasteiger partial charge in [0, 0.05) is 29.1 Å². The summed E-state index contributed by atoms with van der Waals surface area (Å²) < 4.78 is 24.7. The second-order valence-electron chi connectivity index (χ2n) is 7.00. The predicted octanol–water partition coefficient (Wildman–Crippen LogP) is 4.45. The lowest BCUT2D eigenvalue weighted by atomic mass is 10.1. The first kappa shape index (κ1) is 22.3. The number of hydrogen-bond donors (Lipinski definition) is 2. The molecule has 0 spiro atoms. The van der Waals surface area contributed by atoms with Crippen LogP contribution < -0.4 is 15.4 Å². The van der Waals surface area contributed by atoms with Crippen LogP contribution in [-0.4, -0.2) is 25.6 Å². The van der Waals surface area contributed by atoms with Gasteiger partial charge >= 0.3 is 0 Å². The summed E-state index contributed by atoms with van der Waals surface area (Å²) in [6, 6.07) is 20.0. The van der Waals surface area contributed by atoms with Gasteiger partial charge in [-0.15, -0.1) is 12.4 Å². The molecule has 9 heteroatoms. The molecule has 4 aromatic rings. The topological polar surface area (TPSA) is 105 Å². The van der Waals surface area contributed by atoms with E-state index in [2.05, 4.69) is 5.32 Å². The van der Waals surface area contributed by atoms with Crippen LogP contribution in [0.5, 0.6) is 0 Å². The van der Waals surface area contributed by atoms with Crippen LogP contribution in [0.3, 0.4) is 0 Å². The Morgan fingerprint density at radius 1 is 0.968 bits per heavy atom. The summed E-state index contributed by atoms with van der Waals surface area (Å²) in [5, 5.41) is 5.27. The number of carbonyl (C=O) groups excluding carboxylic acids is 1. The van der Waals surface area contributed by atoms with Crippen LogP contribution in [-0.2, 0) is 14.8 Å². The van der Waals surface area contributed by atoms with Crippen molar-refractivity contribution in [3.8, 4) is 0 Å². The van der Waals surface area contributed by atoms with Gasteiger partial charge in [0.2, 0.25) is 15.9 Å². The van der Waals surface area contributed by atoms with Gasteiger partial charge in [-0.2, -0.15) is 0 Å². The maximum atomic E-state index is 11.9. The van der Waals surface area contributed by atoms with Crippen LogP contribution in [0.4, 0.5) is 22.7 Å². The maximum absolute atomic E-state index is 11.9. The molecule has 31 heavy (non-hydrogen) atoms. The molecule has 1 heterocycles. The highest BCUT2D eigenvalue weighted by Gasteiger charge is 2.21. The third-order valence-electron chi connectivity index (χ3n) is 4.69. The highest BCUT2D eigenvalue weighted by molar-refractivity contribution is 7.92. The first-order valence-corrected chi connectivity index (χ1v) is 11.0. The first-order chi connectivity index (χ1) is 14.2. The molecule has 1 aromatic heterocycles. The highest BCUT2D eigenvalue weighted by atomic mass is 35.5. The minimum atomic E-state index is -3.71. The summed E-state index contributed by atoms with van der Waals surface area (Å²) in [6.07, 6.45) is 1.00. The van der Waals surface area contributed by atoms with Gasteiger partial charge in [0.25, 0.3) is 0 Å². The van der Waals surface area contributed by atoms with Crippen LogP contribution in [0.2, 0.25) is 0 Å². The number of nitrogen functional groups attached to an aromatic ring is 1. The van der Waals surface area contributed by atoms with E-state index in [0.717, 1.165) is 43.7 Å². The van der Waals surface area contributed by atoms with Crippen LogP contribution >= 0.6 is 12.4 Å². The minimum Gasteiger partial charge on any atom is -0.399 e. The van der Waals surface area contributed by atoms with Gasteiger partial charge in [0.05, 0.1) is 28.7 Å². The molecule has 3 aromatic carbocycles. The van der Waals surface area contributed by atoms with Gasteiger partial charge < -0.3 is 11.1 Å². The fraction of sp³-hybridized carbons (Fsp3) is 0.0909. The molecule has 0 aliphatic rings. The Morgan fingerprint density at radius 3 is 2.26 bits per heavy atom. The van der Waals surface area contributed by atoms with Crippen molar-refractivity contribution in [2.24, 2.45) is 0 Å². The van der Waals surface area contributed by atoms with Crippen LogP contribution in [0.1, 0.15) is 6.92 Å². The van der Waals surface area contributed by atoms with Crippen molar-refractivity contribution in [1.29, 1.82) is 0 Å². The van der Waals surface area contributed by atoms with Gasteiger partial charge in [-0.25, -0.2) is 17.7 Å². The van der Waals surface area contributed by atoms with E-state index < -0.39 is 15.9 Å². The number of benzene rings is 3. The normalized spacial score (nSPS) is 11.2. The van der Waals surface area contributed by atoms with E-state index in [1.54, 1.807) is 24.3 Å². The lowest BCUT2D eigenvalue weighted by Gasteiger charge is -2.19. The van der Waals surface area contributed by atoms with Crippen molar-refractivity contribution in [2.75, 3.05) is 21.6 Å². The summed E-state index contributed by atoms with van der Waals surface area (Å²) in [5.74, 6) is -0.568.